The second kappa shape index (κ2) is 10.1. The number of allylic oxidation sites excluding steroid dienone is 1. The number of rotatable bonds is 8. The largest absolute Gasteiger partial charge is 0.464 e. The molecule has 0 unspecified atom stereocenters. The second-order valence-corrected chi connectivity index (χ2v) is 13.7. The van der Waals surface area contributed by atoms with Crippen molar-refractivity contribution >= 4 is 20.4 Å². The van der Waals surface area contributed by atoms with Crippen molar-refractivity contribution in [3.63, 3.8) is 0 Å². The Morgan fingerprint density at radius 3 is 2.08 bits per heavy atom. The van der Waals surface area contributed by atoms with Crippen molar-refractivity contribution in [1.29, 1.82) is 0 Å². The Kier molecular flexibility index (Phi) is 9.59. The van der Waals surface area contributed by atoms with Gasteiger partial charge in [-0.05, 0) is 58.2 Å². The van der Waals surface area contributed by atoms with Gasteiger partial charge in [0.15, 0.2) is 8.32 Å². The Hall–Kier alpha value is -1.34. The molecule has 0 saturated heterocycles. The monoisotopic (exact) mass is 387 g/mol. The molecule has 7 heteroatoms. The molecule has 0 fully saturated rings. The molecule has 0 heterocycles. The minimum atomic E-state index is -1.72. The van der Waals surface area contributed by atoms with E-state index in [1.165, 1.54) is 7.11 Å². The lowest BCUT2D eigenvalue weighted by molar-refractivity contribution is -0.136. The molecule has 1 amide bonds. The average Bonchev–Trinajstić information content (AvgIpc) is 2.45. The van der Waals surface area contributed by atoms with E-state index in [2.05, 4.69) is 39.2 Å². The summed E-state index contributed by atoms with van der Waals surface area (Å²) in [7, 11) is -0.441. The maximum atomic E-state index is 11.8. The Bertz CT molecular complexity index is 501. The lowest BCUT2D eigenvalue weighted by Crippen LogP contribution is -2.40. The molecule has 0 bridgehead atoms. The van der Waals surface area contributed by atoms with Crippen molar-refractivity contribution in [2.24, 2.45) is 0 Å². The van der Waals surface area contributed by atoms with Gasteiger partial charge in [-0.2, -0.15) is 0 Å². The smallest absolute Gasteiger partial charge is 0.412 e. The van der Waals surface area contributed by atoms with Gasteiger partial charge in [-0.25, -0.2) is 9.59 Å². The quantitative estimate of drug-likeness (QED) is 0.281. The molecule has 0 rings (SSSR count). The molecule has 0 spiro atoms. The summed E-state index contributed by atoms with van der Waals surface area (Å²) in [5.41, 5.74) is -0.529. The summed E-state index contributed by atoms with van der Waals surface area (Å²) in [4.78, 5) is 23.6. The molecule has 0 aliphatic heterocycles. The van der Waals surface area contributed by atoms with Gasteiger partial charge in [0.05, 0.1) is 7.11 Å². The van der Waals surface area contributed by atoms with Crippen molar-refractivity contribution < 1.29 is 23.5 Å². The number of esters is 1. The third kappa shape index (κ3) is 9.96. The number of carbonyl (C=O) groups excluding carboxylic acids is 2. The molecule has 6 nitrogen and oxygen atoms in total. The molecular weight excluding hydrogens is 350 g/mol. The molecule has 0 aliphatic rings. The summed E-state index contributed by atoms with van der Waals surface area (Å²) in [6, 6.07) is 0. The van der Waals surface area contributed by atoms with Gasteiger partial charge in [-0.15, -0.1) is 0 Å². The third-order valence-corrected chi connectivity index (χ3v) is 8.80. The third-order valence-electron chi connectivity index (χ3n) is 4.26. The first kappa shape index (κ1) is 24.7. The van der Waals surface area contributed by atoms with Crippen LogP contribution >= 0.6 is 0 Å². The van der Waals surface area contributed by atoms with Gasteiger partial charge in [0, 0.05) is 6.61 Å². The predicted octanol–water partition coefficient (Wildman–Crippen LogP) is 4.76. The molecular formula is C19H37NO5Si. The summed E-state index contributed by atoms with van der Waals surface area (Å²) < 4.78 is 16.0. The zero-order chi connectivity index (χ0) is 20.6. The topological polar surface area (TPSA) is 73.9 Å². The molecule has 0 aromatic carbocycles. The highest BCUT2D eigenvalue weighted by Crippen LogP contribution is 2.36. The van der Waals surface area contributed by atoms with Crippen LogP contribution in [-0.4, -0.2) is 39.7 Å². The number of hydrogen-bond acceptors (Lipinski definition) is 5. The average molecular weight is 388 g/mol. The van der Waals surface area contributed by atoms with Crippen molar-refractivity contribution in [3.05, 3.63) is 11.8 Å². The minimum absolute atomic E-state index is 0.104. The van der Waals surface area contributed by atoms with Gasteiger partial charge in [0.2, 0.25) is 0 Å². The molecule has 0 aromatic heterocycles. The minimum Gasteiger partial charge on any atom is -0.464 e. The Labute approximate surface area is 159 Å². The predicted molar refractivity (Wildman–Crippen MR) is 106 cm³/mol. The van der Waals surface area contributed by atoms with E-state index in [-0.39, 0.29) is 10.7 Å². The van der Waals surface area contributed by atoms with Gasteiger partial charge in [0.1, 0.15) is 11.3 Å². The van der Waals surface area contributed by atoms with Crippen molar-refractivity contribution in [2.75, 3.05) is 13.7 Å². The van der Waals surface area contributed by atoms with Gasteiger partial charge in [-0.3, -0.25) is 5.32 Å². The van der Waals surface area contributed by atoms with Crippen LogP contribution in [0, 0.1) is 0 Å². The van der Waals surface area contributed by atoms with Gasteiger partial charge in [-0.1, -0.05) is 26.8 Å². The number of amides is 1. The van der Waals surface area contributed by atoms with E-state index in [0.717, 1.165) is 12.8 Å². The molecule has 1 N–H and O–H groups in total. The van der Waals surface area contributed by atoms with Gasteiger partial charge >= 0.3 is 12.1 Å². The van der Waals surface area contributed by atoms with Gasteiger partial charge in [0.25, 0.3) is 0 Å². The maximum Gasteiger partial charge on any atom is 0.412 e. The van der Waals surface area contributed by atoms with E-state index in [1.807, 2.05) is 0 Å². The highest BCUT2D eigenvalue weighted by molar-refractivity contribution is 6.74. The van der Waals surface area contributed by atoms with Crippen molar-refractivity contribution in [2.45, 2.75) is 84.5 Å². The van der Waals surface area contributed by atoms with E-state index in [1.54, 1.807) is 26.8 Å². The summed E-state index contributed by atoms with van der Waals surface area (Å²) >= 11 is 0. The first-order valence-electron chi connectivity index (χ1n) is 9.12. The van der Waals surface area contributed by atoms with Crippen LogP contribution in [0.25, 0.3) is 0 Å². The highest BCUT2D eigenvalue weighted by Gasteiger charge is 2.36. The number of carbonyl (C=O) groups is 2. The van der Waals surface area contributed by atoms with Crippen molar-refractivity contribution in [3.8, 4) is 0 Å². The normalized spacial score (nSPS) is 13.3. The zero-order valence-electron chi connectivity index (χ0n) is 17.9. The number of hydrogen-bond donors (Lipinski definition) is 1. The summed E-state index contributed by atoms with van der Waals surface area (Å²) in [5, 5.41) is 2.66. The Morgan fingerprint density at radius 1 is 1.04 bits per heavy atom. The number of unbranched alkanes of at least 4 members (excludes halogenated alkanes) is 2. The standard InChI is InChI=1S/C19H37NO5Si/c1-18(2,3)25-17(22)20-15(16(21)23-7)13-11-10-12-14-24-26(8,9)19(4,5)6/h13H,10-12,14H2,1-9H3,(H,20,22)/b15-13-. The van der Waals surface area contributed by atoms with E-state index >= 15 is 0 Å². The molecule has 26 heavy (non-hydrogen) atoms. The lowest BCUT2D eigenvalue weighted by atomic mass is 10.2. The van der Waals surface area contributed by atoms with Crippen LogP contribution in [0.15, 0.2) is 11.8 Å². The molecule has 0 aromatic rings. The fourth-order valence-electron chi connectivity index (χ4n) is 1.75. The fourth-order valence-corrected chi connectivity index (χ4v) is 2.83. The molecule has 0 atom stereocenters. The zero-order valence-corrected chi connectivity index (χ0v) is 18.9. The summed E-state index contributed by atoms with van der Waals surface area (Å²) in [6.45, 7) is 17.1. The van der Waals surface area contributed by atoms with Crippen LogP contribution in [-0.2, 0) is 18.7 Å². The summed E-state index contributed by atoms with van der Waals surface area (Å²) in [6.07, 6.45) is 3.38. The Balaban J connectivity index is 4.48. The van der Waals surface area contributed by atoms with E-state index in [9.17, 15) is 9.59 Å². The Morgan fingerprint density at radius 2 is 1.62 bits per heavy atom. The first-order valence-corrected chi connectivity index (χ1v) is 12.0. The number of nitrogens with one attached hydrogen (secondary N) is 1. The van der Waals surface area contributed by atoms with Crippen molar-refractivity contribution in [1.82, 2.24) is 5.32 Å². The summed E-state index contributed by atoms with van der Waals surface area (Å²) in [5.74, 6) is -0.589. The van der Waals surface area contributed by atoms with E-state index in [0.29, 0.717) is 13.0 Å². The van der Waals surface area contributed by atoms with E-state index < -0.39 is 26.0 Å². The van der Waals surface area contributed by atoms with Crippen LogP contribution in [0.4, 0.5) is 4.79 Å². The van der Waals surface area contributed by atoms with E-state index in [4.69, 9.17) is 13.9 Å². The first-order chi connectivity index (χ1) is 11.7. The van der Waals surface area contributed by atoms with Crippen LogP contribution < -0.4 is 5.32 Å². The maximum absolute atomic E-state index is 11.8. The molecule has 0 radical (unpaired) electrons. The fraction of sp³-hybridized carbons (Fsp3) is 0.789. The lowest BCUT2D eigenvalue weighted by Gasteiger charge is -2.36. The van der Waals surface area contributed by atoms with Crippen LogP contribution in [0.3, 0.4) is 0 Å². The number of ether oxygens (including phenoxy) is 2. The molecule has 152 valence electrons. The highest BCUT2D eigenvalue weighted by atomic mass is 28.4. The van der Waals surface area contributed by atoms with Crippen LogP contribution in [0.1, 0.15) is 60.8 Å². The number of alkyl carbamates (subject to hydrolysis) is 1. The molecule has 0 aliphatic carbocycles. The van der Waals surface area contributed by atoms with Crippen LogP contribution in [0.5, 0.6) is 0 Å². The SMILES string of the molecule is COC(=O)/C(=C/CCCCO[Si](C)(C)C(C)(C)C)NC(=O)OC(C)(C)C. The van der Waals surface area contributed by atoms with Gasteiger partial charge < -0.3 is 13.9 Å². The second-order valence-electron chi connectivity index (χ2n) is 8.84. The molecule has 0 saturated carbocycles. The van der Waals surface area contributed by atoms with Crippen LogP contribution in [0.2, 0.25) is 18.1 Å². The number of methoxy groups -OCH3 is 1.